The normalized spacial score (nSPS) is 32.2. The molecule has 3 heterocycles. The summed E-state index contributed by atoms with van der Waals surface area (Å²) >= 11 is 1.72. The second-order valence-corrected chi connectivity index (χ2v) is 8.99. The summed E-state index contributed by atoms with van der Waals surface area (Å²) in [5.74, 6) is -0.555. The molecule has 27 heavy (non-hydrogen) atoms. The summed E-state index contributed by atoms with van der Waals surface area (Å²) in [6.45, 7) is 3.72. The number of anilines is 1. The molecule has 3 aliphatic heterocycles. The van der Waals surface area contributed by atoms with E-state index >= 15 is 0 Å². The quantitative estimate of drug-likeness (QED) is 0.765. The van der Waals surface area contributed by atoms with Crippen molar-refractivity contribution in [3.63, 3.8) is 0 Å². The van der Waals surface area contributed by atoms with E-state index in [0.717, 1.165) is 23.4 Å². The number of para-hydroxylation sites is 1. The summed E-state index contributed by atoms with van der Waals surface area (Å²) in [6, 6.07) is 7.41. The van der Waals surface area contributed by atoms with Gasteiger partial charge in [0.2, 0.25) is 17.4 Å². The highest BCUT2D eigenvalue weighted by Gasteiger charge is 2.74. The molecule has 3 amide bonds. The van der Waals surface area contributed by atoms with Gasteiger partial charge in [-0.2, -0.15) is 11.8 Å². The van der Waals surface area contributed by atoms with Crippen molar-refractivity contribution in [3.05, 3.63) is 29.8 Å². The molecule has 1 aromatic rings. The number of carbonyl (C=O) groups excluding carboxylic acids is 3. The van der Waals surface area contributed by atoms with Gasteiger partial charge in [-0.25, -0.2) is 0 Å². The van der Waals surface area contributed by atoms with Gasteiger partial charge in [0.15, 0.2) is 0 Å². The highest BCUT2D eigenvalue weighted by Crippen LogP contribution is 2.51. The van der Waals surface area contributed by atoms with Crippen LogP contribution >= 0.6 is 11.8 Å². The topological polar surface area (TPSA) is 74.3 Å². The summed E-state index contributed by atoms with van der Waals surface area (Å²) in [5.41, 5.74) is 0.687. The Hall–Kier alpha value is -1.86. The van der Waals surface area contributed by atoms with E-state index in [1.165, 1.54) is 4.90 Å². The number of amides is 3. The summed E-state index contributed by atoms with van der Waals surface area (Å²) in [4.78, 5) is 43.1. The number of likely N-dealkylation sites (N-methyl/N-ethyl adjacent to an activating group) is 1. The van der Waals surface area contributed by atoms with Gasteiger partial charge >= 0.3 is 0 Å². The van der Waals surface area contributed by atoms with Crippen molar-refractivity contribution in [1.29, 1.82) is 0 Å². The number of likely N-dealkylation sites (tertiary alicyclic amines) is 1. The van der Waals surface area contributed by atoms with Gasteiger partial charge in [-0.05, 0) is 31.9 Å². The molecule has 2 saturated heterocycles. The number of imide groups is 1. The summed E-state index contributed by atoms with van der Waals surface area (Å²) in [7, 11) is 1.76. The molecule has 2 fully saturated rings. The lowest BCUT2D eigenvalue weighted by atomic mass is 9.76. The number of thioether (sulfide) groups is 1. The first-order valence-corrected chi connectivity index (χ1v) is 10.8. The van der Waals surface area contributed by atoms with Gasteiger partial charge in [-0.3, -0.25) is 19.3 Å². The van der Waals surface area contributed by atoms with E-state index in [0.29, 0.717) is 0 Å². The first kappa shape index (κ1) is 18.5. The van der Waals surface area contributed by atoms with Gasteiger partial charge in [-0.15, -0.1) is 0 Å². The fourth-order valence-corrected chi connectivity index (χ4v) is 5.78. The molecule has 144 valence electrons. The van der Waals surface area contributed by atoms with Crippen LogP contribution in [-0.4, -0.2) is 53.8 Å². The molecule has 1 spiro atoms. The van der Waals surface area contributed by atoms with Crippen molar-refractivity contribution in [2.75, 3.05) is 24.0 Å². The zero-order chi connectivity index (χ0) is 19.5. The smallest absolute Gasteiger partial charge is 0.293 e. The Morgan fingerprint density at radius 1 is 1.19 bits per heavy atom. The van der Waals surface area contributed by atoms with Crippen LogP contribution in [0.15, 0.2) is 24.3 Å². The maximum atomic E-state index is 13.5. The lowest BCUT2D eigenvalue weighted by Crippen LogP contribution is -2.99. The number of nitrogens with two attached hydrogens (primary N) is 1. The molecule has 4 atom stereocenters. The SMILES string of the molecule is CSCC[C@@H]1[NH2+][C@@]2(C(=O)N(C)c3ccccc32)[C@H]2C(=O)N(C(C)C)C(=O)[C@H]12. The molecule has 0 aliphatic carbocycles. The Kier molecular flexibility index (Phi) is 4.35. The van der Waals surface area contributed by atoms with Gasteiger partial charge in [0, 0.05) is 25.1 Å². The second-order valence-electron chi connectivity index (χ2n) is 8.01. The van der Waals surface area contributed by atoms with Crippen LogP contribution in [0, 0.1) is 11.8 Å². The standard InChI is InChI=1S/C20H25N3O3S/c1-11(2)23-17(24)15-13(9-10-27-4)21-20(16(15)18(23)25)12-7-5-6-8-14(12)22(3)19(20)26/h5-8,11,13,15-16,21H,9-10H2,1-4H3/p+1/t13-,15+,16+,20+/m0/s1. The Bertz CT molecular complexity index is 826. The fraction of sp³-hybridized carbons (Fsp3) is 0.550. The molecular formula is C20H26N3O3S+. The first-order chi connectivity index (χ1) is 12.9. The Morgan fingerprint density at radius 2 is 1.89 bits per heavy atom. The van der Waals surface area contributed by atoms with Gasteiger partial charge in [0.1, 0.15) is 17.9 Å². The van der Waals surface area contributed by atoms with Gasteiger partial charge in [0.25, 0.3) is 5.91 Å². The van der Waals surface area contributed by atoms with E-state index in [1.807, 2.05) is 49.7 Å². The van der Waals surface area contributed by atoms with Crippen LogP contribution in [0.1, 0.15) is 25.8 Å². The number of hydrogen-bond donors (Lipinski definition) is 1. The van der Waals surface area contributed by atoms with Crippen LogP contribution in [0.5, 0.6) is 0 Å². The third kappa shape index (κ3) is 2.27. The Morgan fingerprint density at radius 3 is 2.56 bits per heavy atom. The molecular weight excluding hydrogens is 362 g/mol. The van der Waals surface area contributed by atoms with Crippen LogP contribution in [0.3, 0.4) is 0 Å². The minimum Gasteiger partial charge on any atom is -0.326 e. The molecule has 3 aliphatic rings. The maximum Gasteiger partial charge on any atom is 0.293 e. The average molecular weight is 389 g/mol. The lowest BCUT2D eigenvalue weighted by Gasteiger charge is -2.28. The van der Waals surface area contributed by atoms with E-state index in [9.17, 15) is 14.4 Å². The number of nitrogens with zero attached hydrogens (tertiary/aromatic N) is 2. The van der Waals surface area contributed by atoms with Crippen molar-refractivity contribution < 1.29 is 19.7 Å². The average Bonchev–Trinajstić information content (AvgIpc) is 3.20. The van der Waals surface area contributed by atoms with Crippen molar-refractivity contribution >= 4 is 35.2 Å². The molecule has 0 aromatic heterocycles. The highest BCUT2D eigenvalue weighted by molar-refractivity contribution is 7.98. The largest absolute Gasteiger partial charge is 0.326 e. The fourth-order valence-electron chi connectivity index (χ4n) is 5.27. The van der Waals surface area contributed by atoms with E-state index in [4.69, 9.17) is 0 Å². The number of fused-ring (bicyclic) bond motifs is 4. The number of carbonyl (C=O) groups is 3. The van der Waals surface area contributed by atoms with Gasteiger partial charge in [-0.1, -0.05) is 18.2 Å². The van der Waals surface area contributed by atoms with E-state index in [-0.39, 0.29) is 29.8 Å². The first-order valence-electron chi connectivity index (χ1n) is 9.45. The highest BCUT2D eigenvalue weighted by atomic mass is 32.2. The number of benzene rings is 1. The summed E-state index contributed by atoms with van der Waals surface area (Å²) in [6.07, 6.45) is 2.84. The second kappa shape index (κ2) is 6.34. The van der Waals surface area contributed by atoms with Gasteiger partial charge in [0.05, 0.1) is 5.69 Å². The minimum atomic E-state index is -1.02. The number of rotatable bonds is 4. The molecule has 2 N–H and O–H groups in total. The van der Waals surface area contributed by atoms with Crippen LogP contribution in [0.4, 0.5) is 5.69 Å². The van der Waals surface area contributed by atoms with Crippen molar-refractivity contribution in [2.24, 2.45) is 11.8 Å². The molecule has 7 heteroatoms. The maximum absolute atomic E-state index is 13.5. The van der Waals surface area contributed by atoms with Crippen LogP contribution in [-0.2, 0) is 19.9 Å². The van der Waals surface area contributed by atoms with E-state index < -0.39 is 17.4 Å². The van der Waals surface area contributed by atoms with Crippen LogP contribution in [0.25, 0.3) is 0 Å². The minimum absolute atomic E-state index is 0.0637. The summed E-state index contributed by atoms with van der Waals surface area (Å²) in [5, 5.41) is 2.04. The number of quaternary nitrogens is 1. The van der Waals surface area contributed by atoms with Crippen LogP contribution < -0.4 is 10.2 Å². The third-order valence-corrected chi connectivity index (χ3v) is 7.00. The third-order valence-electron chi connectivity index (χ3n) is 6.36. The molecule has 4 rings (SSSR count). The zero-order valence-corrected chi connectivity index (χ0v) is 17.0. The lowest BCUT2D eigenvalue weighted by molar-refractivity contribution is -0.733. The molecule has 0 radical (unpaired) electrons. The Balaban J connectivity index is 1.88. The monoisotopic (exact) mass is 388 g/mol. The van der Waals surface area contributed by atoms with Crippen molar-refractivity contribution in [3.8, 4) is 0 Å². The molecule has 0 saturated carbocycles. The van der Waals surface area contributed by atoms with Gasteiger partial charge < -0.3 is 10.2 Å². The number of hydrogen-bond acceptors (Lipinski definition) is 4. The van der Waals surface area contributed by atoms with E-state index in [1.54, 1.807) is 23.7 Å². The van der Waals surface area contributed by atoms with Crippen molar-refractivity contribution in [2.45, 2.75) is 37.9 Å². The summed E-state index contributed by atoms with van der Waals surface area (Å²) < 4.78 is 0. The zero-order valence-electron chi connectivity index (χ0n) is 16.1. The molecule has 1 aromatic carbocycles. The molecule has 0 unspecified atom stereocenters. The predicted molar refractivity (Wildman–Crippen MR) is 104 cm³/mol. The van der Waals surface area contributed by atoms with E-state index in [2.05, 4.69) is 0 Å². The van der Waals surface area contributed by atoms with Crippen LogP contribution in [0.2, 0.25) is 0 Å². The predicted octanol–water partition coefficient (Wildman–Crippen LogP) is 0.567. The molecule has 6 nitrogen and oxygen atoms in total. The Labute approximate surface area is 163 Å². The molecule has 0 bridgehead atoms. The van der Waals surface area contributed by atoms with Crippen molar-refractivity contribution in [1.82, 2.24) is 4.90 Å².